The van der Waals surface area contributed by atoms with Crippen LogP contribution in [0.1, 0.15) is 23.5 Å². The van der Waals surface area contributed by atoms with Crippen LogP contribution in [0.4, 0.5) is 0 Å². The Hall–Kier alpha value is -1.95. The summed E-state index contributed by atoms with van der Waals surface area (Å²) in [5.41, 5.74) is 2.16. The third-order valence-electron chi connectivity index (χ3n) is 4.51. The van der Waals surface area contributed by atoms with Crippen molar-refractivity contribution in [2.45, 2.75) is 19.5 Å². The van der Waals surface area contributed by atoms with Crippen LogP contribution in [-0.4, -0.2) is 36.4 Å². The summed E-state index contributed by atoms with van der Waals surface area (Å²) in [7, 11) is 3.89. The number of fused-ring (bicyclic) bond motifs is 1. The van der Waals surface area contributed by atoms with Gasteiger partial charge in [-0.1, -0.05) is 35.9 Å². The first-order valence-corrected chi connectivity index (χ1v) is 9.80. The van der Waals surface area contributed by atoms with Crippen LogP contribution in [0.5, 0.6) is 0 Å². The van der Waals surface area contributed by atoms with Crippen molar-refractivity contribution in [3.63, 3.8) is 0 Å². The van der Waals surface area contributed by atoms with Gasteiger partial charge in [0.15, 0.2) is 6.54 Å². The number of thiazole rings is 1. The molecule has 1 aromatic heterocycles. The molecule has 2 aromatic carbocycles. The molecule has 0 aliphatic heterocycles. The Morgan fingerprint density at radius 3 is 2.62 bits per heavy atom. The maximum atomic E-state index is 12.7. The fraction of sp³-hybridized carbons (Fsp3) is 0.300. The fourth-order valence-corrected chi connectivity index (χ4v) is 4.04. The van der Waals surface area contributed by atoms with E-state index in [1.165, 1.54) is 5.56 Å². The number of carbonyl (C=O) groups is 1. The predicted molar refractivity (Wildman–Crippen MR) is 108 cm³/mol. The van der Waals surface area contributed by atoms with Crippen LogP contribution in [0.25, 0.3) is 10.2 Å². The molecule has 26 heavy (non-hydrogen) atoms. The molecule has 0 aliphatic carbocycles. The van der Waals surface area contributed by atoms with Crippen LogP contribution in [0.3, 0.4) is 0 Å². The molecule has 6 heteroatoms. The molecular weight excluding hydrogens is 366 g/mol. The minimum absolute atomic E-state index is 0.0387. The van der Waals surface area contributed by atoms with E-state index in [2.05, 4.69) is 11.1 Å². The molecule has 3 aromatic rings. The van der Waals surface area contributed by atoms with Crippen LogP contribution in [0, 0.1) is 0 Å². The summed E-state index contributed by atoms with van der Waals surface area (Å²) in [5, 5.41) is 1.70. The van der Waals surface area contributed by atoms with E-state index in [1.807, 2.05) is 63.5 Å². The Morgan fingerprint density at radius 2 is 1.92 bits per heavy atom. The maximum absolute atomic E-state index is 12.7. The minimum Gasteiger partial charge on any atom is -0.332 e. The number of hydrogen-bond donors (Lipinski definition) is 1. The number of aromatic nitrogens is 1. The topological polar surface area (TPSA) is 37.6 Å². The van der Waals surface area contributed by atoms with Gasteiger partial charge in [-0.15, -0.1) is 11.3 Å². The number of amides is 1. The number of likely N-dealkylation sites (N-methyl/N-ethyl adjacent to an activating group) is 2. The molecule has 2 atom stereocenters. The van der Waals surface area contributed by atoms with Gasteiger partial charge in [0, 0.05) is 17.6 Å². The number of hydrogen-bond acceptors (Lipinski definition) is 3. The highest BCUT2D eigenvalue weighted by molar-refractivity contribution is 7.18. The molecule has 4 nitrogen and oxygen atoms in total. The van der Waals surface area contributed by atoms with E-state index in [9.17, 15) is 4.79 Å². The van der Waals surface area contributed by atoms with Gasteiger partial charge in [0.05, 0.1) is 23.3 Å². The van der Waals surface area contributed by atoms with E-state index < -0.39 is 0 Å². The summed E-state index contributed by atoms with van der Waals surface area (Å²) < 4.78 is 1.15. The average molecular weight is 389 g/mol. The van der Waals surface area contributed by atoms with Crippen molar-refractivity contribution >= 4 is 39.1 Å². The number of para-hydroxylation sites is 1. The summed E-state index contributed by atoms with van der Waals surface area (Å²) in [6.45, 7) is 3.25. The SMILES string of the molecule is C[C@H](c1nc2ccccc2s1)N(C)C(=O)C[NH+](C)Cc1ccc(Cl)cc1. The van der Waals surface area contributed by atoms with Crippen LogP contribution >= 0.6 is 22.9 Å². The van der Waals surface area contributed by atoms with Gasteiger partial charge in [0.2, 0.25) is 0 Å². The quantitative estimate of drug-likeness (QED) is 0.704. The molecule has 0 saturated carbocycles. The van der Waals surface area contributed by atoms with Gasteiger partial charge in [0.25, 0.3) is 5.91 Å². The summed E-state index contributed by atoms with van der Waals surface area (Å²) in [6, 6.07) is 15.8. The van der Waals surface area contributed by atoms with E-state index in [0.29, 0.717) is 6.54 Å². The van der Waals surface area contributed by atoms with Crippen LogP contribution in [0.15, 0.2) is 48.5 Å². The first kappa shape index (κ1) is 18.8. The highest BCUT2D eigenvalue weighted by Gasteiger charge is 2.23. The number of benzene rings is 2. The van der Waals surface area contributed by atoms with Crippen LogP contribution in [-0.2, 0) is 11.3 Å². The Morgan fingerprint density at radius 1 is 1.23 bits per heavy atom. The predicted octanol–water partition coefficient (Wildman–Crippen LogP) is 3.18. The van der Waals surface area contributed by atoms with E-state index in [1.54, 1.807) is 16.2 Å². The molecular formula is C20H23ClN3OS+. The molecule has 1 N–H and O–H groups in total. The number of quaternary nitrogens is 1. The van der Waals surface area contributed by atoms with Crippen molar-refractivity contribution in [1.29, 1.82) is 0 Å². The van der Waals surface area contributed by atoms with Crippen molar-refractivity contribution in [2.24, 2.45) is 0 Å². The molecule has 0 bridgehead atoms. The first-order valence-electron chi connectivity index (χ1n) is 8.61. The summed E-state index contributed by atoms with van der Waals surface area (Å²) in [5.74, 6) is 0.114. The van der Waals surface area contributed by atoms with Crippen molar-refractivity contribution in [2.75, 3.05) is 20.6 Å². The van der Waals surface area contributed by atoms with Gasteiger partial charge >= 0.3 is 0 Å². The van der Waals surface area contributed by atoms with Gasteiger partial charge < -0.3 is 9.80 Å². The molecule has 136 valence electrons. The Balaban J connectivity index is 1.61. The molecule has 3 rings (SSSR count). The van der Waals surface area contributed by atoms with E-state index in [0.717, 1.165) is 31.7 Å². The number of halogens is 1. The second-order valence-corrected chi connectivity index (χ2v) is 8.14. The summed E-state index contributed by atoms with van der Waals surface area (Å²) in [6.07, 6.45) is 0. The lowest BCUT2D eigenvalue weighted by Gasteiger charge is -2.24. The van der Waals surface area contributed by atoms with Crippen molar-refractivity contribution in [3.8, 4) is 0 Å². The van der Waals surface area contributed by atoms with E-state index >= 15 is 0 Å². The fourth-order valence-electron chi connectivity index (χ4n) is 2.85. The van der Waals surface area contributed by atoms with E-state index in [-0.39, 0.29) is 11.9 Å². The lowest BCUT2D eigenvalue weighted by molar-refractivity contribution is -0.885. The monoisotopic (exact) mass is 388 g/mol. The zero-order valence-electron chi connectivity index (χ0n) is 15.2. The standard InChI is InChI=1S/C20H22ClN3OS/c1-14(20-22-17-6-4-5-7-18(17)26-20)24(3)19(25)13-23(2)12-15-8-10-16(21)11-9-15/h4-11,14H,12-13H2,1-3H3/p+1/t14-/m1/s1. The second-order valence-electron chi connectivity index (χ2n) is 6.64. The Kier molecular flexibility index (Phi) is 5.91. The first-order chi connectivity index (χ1) is 12.4. The van der Waals surface area contributed by atoms with Crippen molar-refractivity contribution in [3.05, 3.63) is 64.1 Å². The molecule has 0 aliphatic rings. The zero-order valence-corrected chi connectivity index (χ0v) is 16.8. The lowest BCUT2D eigenvalue weighted by Crippen LogP contribution is -3.08. The molecule has 1 unspecified atom stereocenters. The number of nitrogens with zero attached hydrogens (tertiary/aromatic N) is 2. The Labute approximate surface area is 163 Å². The average Bonchev–Trinajstić information content (AvgIpc) is 3.06. The number of rotatable bonds is 6. The van der Waals surface area contributed by atoms with Crippen molar-refractivity contribution < 1.29 is 9.69 Å². The molecule has 0 radical (unpaired) electrons. The largest absolute Gasteiger partial charge is 0.332 e. The van der Waals surface area contributed by atoms with Gasteiger partial charge in [-0.2, -0.15) is 0 Å². The number of carbonyl (C=O) groups excluding carboxylic acids is 1. The second kappa shape index (κ2) is 8.16. The molecule has 1 heterocycles. The normalized spacial score (nSPS) is 13.5. The highest BCUT2D eigenvalue weighted by Crippen LogP contribution is 2.28. The smallest absolute Gasteiger partial charge is 0.278 e. The van der Waals surface area contributed by atoms with Crippen LogP contribution in [0.2, 0.25) is 5.02 Å². The van der Waals surface area contributed by atoms with Gasteiger partial charge in [-0.05, 0) is 31.2 Å². The summed E-state index contributed by atoms with van der Waals surface area (Å²) in [4.78, 5) is 20.3. The molecule has 1 amide bonds. The van der Waals surface area contributed by atoms with E-state index in [4.69, 9.17) is 11.6 Å². The van der Waals surface area contributed by atoms with Crippen LogP contribution < -0.4 is 4.90 Å². The van der Waals surface area contributed by atoms with Gasteiger partial charge in [0.1, 0.15) is 11.6 Å². The van der Waals surface area contributed by atoms with Gasteiger partial charge in [-0.25, -0.2) is 4.98 Å². The number of nitrogens with one attached hydrogen (secondary N) is 1. The molecule has 0 fully saturated rings. The van der Waals surface area contributed by atoms with Gasteiger partial charge in [-0.3, -0.25) is 4.79 Å². The Bertz CT molecular complexity index is 860. The maximum Gasteiger partial charge on any atom is 0.278 e. The third kappa shape index (κ3) is 4.41. The minimum atomic E-state index is -0.0387. The molecule has 0 saturated heterocycles. The summed E-state index contributed by atoms with van der Waals surface area (Å²) >= 11 is 7.57. The lowest BCUT2D eigenvalue weighted by atomic mass is 10.2. The third-order valence-corrected chi connectivity index (χ3v) is 5.97. The van der Waals surface area contributed by atoms with Crippen molar-refractivity contribution in [1.82, 2.24) is 9.88 Å². The highest BCUT2D eigenvalue weighted by atomic mass is 35.5. The molecule has 0 spiro atoms. The zero-order chi connectivity index (χ0) is 18.7.